The van der Waals surface area contributed by atoms with Gasteiger partial charge >= 0.3 is 0 Å². The zero-order valence-corrected chi connectivity index (χ0v) is 14.9. The van der Waals surface area contributed by atoms with Crippen molar-refractivity contribution < 1.29 is 14.2 Å². The van der Waals surface area contributed by atoms with Gasteiger partial charge in [-0.15, -0.1) is 0 Å². The van der Waals surface area contributed by atoms with Crippen molar-refractivity contribution in [2.75, 3.05) is 32.8 Å². The van der Waals surface area contributed by atoms with Gasteiger partial charge in [0.25, 0.3) is 0 Å². The molecule has 3 N–H and O–H groups in total. The minimum Gasteiger partial charge on any atom is -0.388 e. The number of ether oxygens (including phenoxy) is 1. The quantitative estimate of drug-likeness (QED) is 0.543. The van der Waals surface area contributed by atoms with Gasteiger partial charge in [-0.05, 0) is 37.5 Å². The van der Waals surface area contributed by atoms with Crippen LogP contribution in [0.3, 0.4) is 0 Å². The first kappa shape index (κ1) is 18.1. The fraction of sp³-hybridized carbons (Fsp3) is 0.632. The summed E-state index contributed by atoms with van der Waals surface area (Å²) in [6.45, 7) is 5.00. The van der Waals surface area contributed by atoms with Crippen LogP contribution in [0.25, 0.3) is 0 Å². The van der Waals surface area contributed by atoms with E-state index in [1.807, 2.05) is 13.0 Å². The van der Waals surface area contributed by atoms with Crippen molar-refractivity contribution in [1.29, 1.82) is 0 Å². The van der Waals surface area contributed by atoms with Crippen molar-refractivity contribution >= 4 is 5.96 Å². The predicted octanol–water partition coefficient (Wildman–Crippen LogP) is 1.95. The van der Waals surface area contributed by atoms with Gasteiger partial charge in [0.05, 0.1) is 12.1 Å². The number of aliphatic hydroxyl groups is 1. The van der Waals surface area contributed by atoms with Gasteiger partial charge in [0.15, 0.2) is 5.96 Å². The van der Waals surface area contributed by atoms with Crippen LogP contribution in [0.15, 0.2) is 29.3 Å². The fourth-order valence-corrected chi connectivity index (χ4v) is 3.27. The van der Waals surface area contributed by atoms with E-state index in [0.29, 0.717) is 45.1 Å². The van der Waals surface area contributed by atoms with E-state index >= 15 is 0 Å². The van der Waals surface area contributed by atoms with Crippen LogP contribution in [0.1, 0.15) is 38.2 Å². The van der Waals surface area contributed by atoms with E-state index < -0.39 is 5.60 Å². The average Bonchev–Trinajstić information content (AvgIpc) is 3.39. The molecule has 0 bridgehead atoms. The maximum atomic E-state index is 13.5. The van der Waals surface area contributed by atoms with Crippen molar-refractivity contribution in [3.63, 3.8) is 0 Å². The molecule has 0 aromatic heterocycles. The molecule has 138 valence electrons. The summed E-state index contributed by atoms with van der Waals surface area (Å²) in [5.41, 5.74) is 0.257. The second-order valence-electron chi connectivity index (χ2n) is 7.18. The Balaban J connectivity index is 1.61. The Morgan fingerprint density at radius 3 is 2.64 bits per heavy atom. The summed E-state index contributed by atoms with van der Waals surface area (Å²) in [6, 6.07) is 6.87. The highest BCUT2D eigenvalue weighted by Gasteiger charge is 2.44. The fourth-order valence-electron chi connectivity index (χ4n) is 3.27. The second kappa shape index (κ2) is 7.70. The Morgan fingerprint density at radius 1 is 1.24 bits per heavy atom. The zero-order valence-electron chi connectivity index (χ0n) is 14.9. The molecule has 1 heterocycles. The molecular weight excluding hydrogens is 321 g/mol. The molecule has 1 aromatic rings. The highest BCUT2D eigenvalue weighted by Crippen LogP contribution is 2.47. The number of aliphatic imine (C=N–C) groups is 1. The maximum absolute atomic E-state index is 13.5. The SMILES string of the molecule is CCNC(=NCC1(O)CCOCC1)NCC1(c2cccc(F)c2)CC1. The lowest BCUT2D eigenvalue weighted by Gasteiger charge is -2.30. The molecule has 1 aliphatic carbocycles. The van der Waals surface area contributed by atoms with Crippen LogP contribution in [0.2, 0.25) is 0 Å². The van der Waals surface area contributed by atoms with Crippen LogP contribution in [-0.2, 0) is 10.2 Å². The Labute approximate surface area is 148 Å². The van der Waals surface area contributed by atoms with Crippen molar-refractivity contribution in [3.8, 4) is 0 Å². The number of nitrogens with one attached hydrogen (secondary N) is 2. The summed E-state index contributed by atoms with van der Waals surface area (Å²) in [5.74, 6) is 0.510. The molecule has 0 amide bonds. The van der Waals surface area contributed by atoms with Crippen molar-refractivity contribution in [2.45, 2.75) is 43.6 Å². The summed E-state index contributed by atoms with van der Waals surface area (Å²) in [5, 5.41) is 17.2. The normalized spacial score (nSPS) is 21.6. The Hall–Kier alpha value is -1.66. The van der Waals surface area contributed by atoms with Gasteiger partial charge in [-0.25, -0.2) is 4.39 Å². The molecule has 5 nitrogen and oxygen atoms in total. The minimum atomic E-state index is -0.777. The van der Waals surface area contributed by atoms with Crippen LogP contribution in [0.4, 0.5) is 4.39 Å². The molecular formula is C19H28FN3O2. The summed E-state index contributed by atoms with van der Waals surface area (Å²) in [7, 11) is 0. The largest absolute Gasteiger partial charge is 0.388 e. The van der Waals surface area contributed by atoms with Crippen LogP contribution < -0.4 is 10.6 Å². The van der Waals surface area contributed by atoms with Gasteiger partial charge in [0, 0.05) is 44.6 Å². The Kier molecular flexibility index (Phi) is 5.59. The molecule has 25 heavy (non-hydrogen) atoms. The number of rotatable bonds is 6. The van der Waals surface area contributed by atoms with Gasteiger partial charge in [-0.3, -0.25) is 4.99 Å². The van der Waals surface area contributed by atoms with E-state index in [0.717, 1.165) is 24.9 Å². The molecule has 0 unspecified atom stereocenters. The third kappa shape index (κ3) is 4.70. The van der Waals surface area contributed by atoms with Crippen LogP contribution in [0, 0.1) is 5.82 Å². The summed E-state index contributed by atoms with van der Waals surface area (Å²) in [6.07, 6.45) is 3.32. The topological polar surface area (TPSA) is 65.9 Å². The average molecular weight is 349 g/mol. The molecule has 0 radical (unpaired) electrons. The predicted molar refractivity (Wildman–Crippen MR) is 96.3 cm³/mol. The number of nitrogens with zero attached hydrogens (tertiary/aromatic N) is 1. The summed E-state index contributed by atoms with van der Waals surface area (Å²) < 4.78 is 18.8. The van der Waals surface area contributed by atoms with E-state index in [9.17, 15) is 9.50 Å². The molecule has 1 aliphatic heterocycles. The lowest BCUT2D eigenvalue weighted by atomic mass is 9.95. The molecule has 1 aromatic carbocycles. The highest BCUT2D eigenvalue weighted by molar-refractivity contribution is 5.80. The first-order valence-corrected chi connectivity index (χ1v) is 9.14. The number of hydrogen-bond acceptors (Lipinski definition) is 3. The monoisotopic (exact) mass is 349 g/mol. The van der Waals surface area contributed by atoms with Crippen LogP contribution in [-0.4, -0.2) is 49.5 Å². The minimum absolute atomic E-state index is 0.00608. The standard InChI is InChI=1S/C19H28FN3O2/c1-2-21-17(23-14-19(24)8-10-25-11-9-19)22-13-18(6-7-18)15-4-3-5-16(20)12-15/h3-5,12,24H,2,6-11,13-14H2,1H3,(H2,21,22,23). The maximum Gasteiger partial charge on any atom is 0.191 e. The smallest absolute Gasteiger partial charge is 0.191 e. The van der Waals surface area contributed by atoms with E-state index in [1.54, 1.807) is 12.1 Å². The molecule has 0 spiro atoms. The van der Waals surface area contributed by atoms with E-state index in [4.69, 9.17) is 4.74 Å². The van der Waals surface area contributed by atoms with Gasteiger partial charge in [-0.2, -0.15) is 0 Å². The van der Waals surface area contributed by atoms with Crippen LogP contribution >= 0.6 is 0 Å². The van der Waals surface area contributed by atoms with Gasteiger partial charge < -0.3 is 20.5 Å². The van der Waals surface area contributed by atoms with Gasteiger partial charge in [0.1, 0.15) is 5.82 Å². The molecule has 1 saturated carbocycles. The summed E-state index contributed by atoms with van der Waals surface area (Å²) >= 11 is 0. The molecule has 1 saturated heterocycles. The Morgan fingerprint density at radius 2 is 2.00 bits per heavy atom. The molecule has 6 heteroatoms. The van der Waals surface area contributed by atoms with Gasteiger partial charge in [0.2, 0.25) is 0 Å². The first-order valence-electron chi connectivity index (χ1n) is 9.14. The number of halogens is 1. The van der Waals surface area contributed by atoms with E-state index in [1.165, 1.54) is 6.07 Å². The van der Waals surface area contributed by atoms with Crippen LogP contribution in [0.5, 0.6) is 0 Å². The second-order valence-corrected chi connectivity index (χ2v) is 7.18. The van der Waals surface area contributed by atoms with Gasteiger partial charge in [-0.1, -0.05) is 12.1 Å². The number of benzene rings is 1. The molecule has 2 fully saturated rings. The van der Waals surface area contributed by atoms with E-state index in [-0.39, 0.29) is 11.2 Å². The third-order valence-corrected chi connectivity index (χ3v) is 5.18. The summed E-state index contributed by atoms with van der Waals surface area (Å²) in [4.78, 5) is 4.57. The van der Waals surface area contributed by atoms with Crippen molar-refractivity contribution in [3.05, 3.63) is 35.6 Å². The zero-order chi connectivity index (χ0) is 17.8. The van der Waals surface area contributed by atoms with Crippen molar-refractivity contribution in [2.24, 2.45) is 4.99 Å². The Bertz CT molecular complexity index is 610. The highest BCUT2D eigenvalue weighted by atomic mass is 19.1. The number of guanidine groups is 1. The lowest BCUT2D eigenvalue weighted by molar-refractivity contribution is -0.0565. The first-order chi connectivity index (χ1) is 12.1. The number of hydrogen-bond donors (Lipinski definition) is 3. The molecule has 2 aliphatic rings. The van der Waals surface area contributed by atoms with E-state index in [2.05, 4.69) is 15.6 Å². The molecule has 0 atom stereocenters. The third-order valence-electron chi connectivity index (χ3n) is 5.18. The lowest BCUT2D eigenvalue weighted by Crippen LogP contribution is -2.44. The molecule has 3 rings (SSSR count). The van der Waals surface area contributed by atoms with Crippen molar-refractivity contribution in [1.82, 2.24) is 10.6 Å².